The van der Waals surface area contributed by atoms with Gasteiger partial charge < -0.3 is 18.9 Å². The van der Waals surface area contributed by atoms with Crippen molar-refractivity contribution in [3.63, 3.8) is 0 Å². The van der Waals surface area contributed by atoms with E-state index in [-0.39, 0.29) is 6.29 Å². The fraction of sp³-hybridized carbons (Fsp3) is 0.500. The minimum absolute atomic E-state index is 0.293. The van der Waals surface area contributed by atoms with Gasteiger partial charge in [0.25, 0.3) is 0 Å². The Kier molecular flexibility index (Phi) is 7.77. The summed E-state index contributed by atoms with van der Waals surface area (Å²) in [4.78, 5) is 0. The second kappa shape index (κ2) is 9.39. The molecule has 1 aromatic carbocycles. The second-order valence-electron chi connectivity index (χ2n) is 4.18. The molecule has 0 radical (unpaired) electrons. The molecule has 0 aliphatic carbocycles. The fourth-order valence-corrected chi connectivity index (χ4v) is 1.67. The minimum Gasteiger partial charge on any atom is -0.497 e. The molecule has 0 saturated heterocycles. The van der Waals surface area contributed by atoms with Gasteiger partial charge >= 0.3 is 0 Å². The Bertz CT molecular complexity index is 409. The summed E-state index contributed by atoms with van der Waals surface area (Å²) >= 11 is 0. The molecule has 0 N–H and O–H groups in total. The lowest BCUT2D eigenvalue weighted by Gasteiger charge is -2.17. The maximum absolute atomic E-state index is 5.66. The molecule has 112 valence electrons. The molecule has 0 bridgehead atoms. The number of methoxy groups -OCH3 is 1. The summed E-state index contributed by atoms with van der Waals surface area (Å²) in [5.74, 6) is 1.56. The van der Waals surface area contributed by atoms with E-state index in [1.807, 2.05) is 51.1 Å². The standard InChI is InChI=1S/C16H24O4/c1-5-18-16(19-6-2)13(3)10-11-20-15-9-7-8-14(12-15)17-4/h7-10,12,16H,5-6,11H2,1-4H3. The van der Waals surface area contributed by atoms with Gasteiger partial charge in [0.15, 0.2) is 6.29 Å². The Morgan fingerprint density at radius 1 is 1.15 bits per heavy atom. The SMILES string of the molecule is CCOC(OCC)C(C)=CCOc1cccc(OC)c1. The van der Waals surface area contributed by atoms with Crippen molar-refractivity contribution >= 4 is 0 Å². The molecule has 20 heavy (non-hydrogen) atoms. The molecule has 0 unspecified atom stereocenters. The van der Waals surface area contributed by atoms with Crippen molar-refractivity contribution in [1.82, 2.24) is 0 Å². The monoisotopic (exact) mass is 280 g/mol. The minimum atomic E-state index is -0.293. The molecular formula is C16H24O4. The normalized spacial score (nSPS) is 11.8. The number of hydrogen-bond donors (Lipinski definition) is 0. The molecule has 1 rings (SSSR count). The van der Waals surface area contributed by atoms with E-state index in [0.717, 1.165) is 17.1 Å². The highest BCUT2D eigenvalue weighted by Crippen LogP contribution is 2.19. The molecule has 0 spiro atoms. The fourth-order valence-electron chi connectivity index (χ4n) is 1.67. The Morgan fingerprint density at radius 2 is 1.80 bits per heavy atom. The topological polar surface area (TPSA) is 36.9 Å². The summed E-state index contributed by atoms with van der Waals surface area (Å²) in [6, 6.07) is 7.53. The molecule has 0 fully saturated rings. The molecule has 1 aromatic rings. The van der Waals surface area contributed by atoms with Gasteiger partial charge in [0.05, 0.1) is 7.11 Å². The van der Waals surface area contributed by atoms with E-state index in [1.165, 1.54) is 0 Å². The summed E-state index contributed by atoms with van der Waals surface area (Å²) in [7, 11) is 1.64. The molecule has 0 aliphatic heterocycles. The van der Waals surface area contributed by atoms with Crippen molar-refractivity contribution in [2.24, 2.45) is 0 Å². The lowest BCUT2D eigenvalue weighted by atomic mass is 10.2. The first kappa shape index (κ1) is 16.5. The van der Waals surface area contributed by atoms with Crippen LogP contribution in [0.2, 0.25) is 0 Å². The highest BCUT2D eigenvalue weighted by Gasteiger charge is 2.09. The van der Waals surface area contributed by atoms with Crippen LogP contribution in [0.5, 0.6) is 11.5 Å². The number of ether oxygens (including phenoxy) is 4. The van der Waals surface area contributed by atoms with Crippen LogP contribution >= 0.6 is 0 Å². The van der Waals surface area contributed by atoms with Gasteiger partial charge in [-0.05, 0) is 44.6 Å². The van der Waals surface area contributed by atoms with Gasteiger partial charge in [-0.25, -0.2) is 0 Å². The highest BCUT2D eigenvalue weighted by molar-refractivity contribution is 5.32. The van der Waals surface area contributed by atoms with Crippen LogP contribution in [0.25, 0.3) is 0 Å². The summed E-state index contributed by atoms with van der Waals surface area (Å²) in [6.45, 7) is 7.58. The molecule has 4 nitrogen and oxygen atoms in total. The van der Waals surface area contributed by atoms with E-state index in [0.29, 0.717) is 19.8 Å². The van der Waals surface area contributed by atoms with Crippen molar-refractivity contribution in [1.29, 1.82) is 0 Å². The van der Waals surface area contributed by atoms with Gasteiger partial charge in [-0.2, -0.15) is 0 Å². The maximum atomic E-state index is 5.66. The van der Waals surface area contributed by atoms with Gasteiger partial charge in [-0.3, -0.25) is 0 Å². The highest BCUT2D eigenvalue weighted by atomic mass is 16.7. The van der Waals surface area contributed by atoms with Gasteiger partial charge in [-0.1, -0.05) is 6.07 Å². The zero-order valence-corrected chi connectivity index (χ0v) is 12.7. The molecule has 0 aromatic heterocycles. The summed E-state index contributed by atoms with van der Waals surface area (Å²) in [6.07, 6.45) is 1.68. The Morgan fingerprint density at radius 3 is 2.40 bits per heavy atom. The second-order valence-corrected chi connectivity index (χ2v) is 4.18. The van der Waals surface area contributed by atoms with Crippen molar-refractivity contribution in [3.8, 4) is 11.5 Å². The molecule has 0 aliphatic rings. The van der Waals surface area contributed by atoms with Gasteiger partial charge in [0.1, 0.15) is 18.1 Å². The molecule has 4 heteroatoms. The zero-order valence-electron chi connectivity index (χ0n) is 12.7. The van der Waals surface area contributed by atoms with E-state index in [1.54, 1.807) is 7.11 Å². The van der Waals surface area contributed by atoms with Crippen LogP contribution in [0.15, 0.2) is 35.9 Å². The number of benzene rings is 1. The lowest BCUT2D eigenvalue weighted by Crippen LogP contribution is -2.19. The van der Waals surface area contributed by atoms with Crippen LogP contribution in [0.3, 0.4) is 0 Å². The Labute approximate surface area is 121 Å². The van der Waals surface area contributed by atoms with Crippen molar-refractivity contribution in [2.75, 3.05) is 26.9 Å². The molecular weight excluding hydrogens is 256 g/mol. The van der Waals surface area contributed by atoms with E-state index >= 15 is 0 Å². The third-order valence-corrected chi connectivity index (χ3v) is 2.70. The average Bonchev–Trinajstić information content (AvgIpc) is 2.47. The van der Waals surface area contributed by atoms with Crippen LogP contribution in [-0.2, 0) is 9.47 Å². The Balaban J connectivity index is 2.52. The van der Waals surface area contributed by atoms with Gasteiger partial charge in [0, 0.05) is 19.3 Å². The van der Waals surface area contributed by atoms with Gasteiger partial charge in [-0.15, -0.1) is 0 Å². The Hall–Kier alpha value is -1.52. The smallest absolute Gasteiger partial charge is 0.179 e. The third kappa shape index (κ3) is 5.63. The van der Waals surface area contributed by atoms with E-state index < -0.39 is 0 Å². The summed E-state index contributed by atoms with van der Waals surface area (Å²) in [5.41, 5.74) is 1.01. The van der Waals surface area contributed by atoms with E-state index in [2.05, 4.69) is 0 Å². The zero-order chi connectivity index (χ0) is 14.8. The quantitative estimate of drug-likeness (QED) is 0.513. The van der Waals surface area contributed by atoms with Crippen molar-refractivity contribution < 1.29 is 18.9 Å². The van der Waals surface area contributed by atoms with Crippen LogP contribution in [0.4, 0.5) is 0 Å². The van der Waals surface area contributed by atoms with Crippen molar-refractivity contribution in [3.05, 3.63) is 35.9 Å². The van der Waals surface area contributed by atoms with Crippen LogP contribution in [-0.4, -0.2) is 33.2 Å². The van der Waals surface area contributed by atoms with Crippen LogP contribution in [0.1, 0.15) is 20.8 Å². The molecule has 0 amide bonds. The largest absolute Gasteiger partial charge is 0.497 e. The molecule has 0 heterocycles. The first-order valence-electron chi connectivity index (χ1n) is 6.88. The maximum Gasteiger partial charge on any atom is 0.179 e. The van der Waals surface area contributed by atoms with E-state index in [4.69, 9.17) is 18.9 Å². The molecule has 0 saturated carbocycles. The lowest BCUT2D eigenvalue weighted by molar-refractivity contribution is -0.111. The van der Waals surface area contributed by atoms with E-state index in [9.17, 15) is 0 Å². The summed E-state index contributed by atoms with van der Waals surface area (Å²) < 4.78 is 21.8. The van der Waals surface area contributed by atoms with Crippen LogP contribution in [0, 0.1) is 0 Å². The van der Waals surface area contributed by atoms with Crippen molar-refractivity contribution in [2.45, 2.75) is 27.1 Å². The first-order valence-corrected chi connectivity index (χ1v) is 6.88. The molecule has 0 atom stereocenters. The summed E-state index contributed by atoms with van der Waals surface area (Å²) in [5, 5.41) is 0. The average molecular weight is 280 g/mol. The number of hydrogen-bond acceptors (Lipinski definition) is 4. The van der Waals surface area contributed by atoms with Gasteiger partial charge in [0.2, 0.25) is 0 Å². The van der Waals surface area contributed by atoms with Crippen LogP contribution < -0.4 is 9.47 Å². The first-order chi connectivity index (χ1) is 9.71. The third-order valence-electron chi connectivity index (χ3n) is 2.70. The predicted molar refractivity (Wildman–Crippen MR) is 79.3 cm³/mol. The number of rotatable bonds is 9. The predicted octanol–water partition coefficient (Wildman–Crippen LogP) is 3.42.